The molecule has 0 unspecified atom stereocenters. The molecule has 12 heteroatoms. The van der Waals surface area contributed by atoms with Crippen LogP contribution < -0.4 is 10.6 Å². The van der Waals surface area contributed by atoms with Gasteiger partial charge in [-0.25, -0.2) is 14.6 Å². The first-order valence-electron chi connectivity index (χ1n) is 9.93. The van der Waals surface area contributed by atoms with E-state index in [9.17, 15) is 22.8 Å². The molecular weight excluding hydrogens is 441 g/mol. The second kappa shape index (κ2) is 9.67. The lowest BCUT2D eigenvalue weighted by molar-refractivity contribution is -0.141. The first-order chi connectivity index (χ1) is 15.6. The summed E-state index contributed by atoms with van der Waals surface area (Å²) in [5, 5.41) is 8.65. The number of alkyl halides is 3. The van der Waals surface area contributed by atoms with Crippen molar-refractivity contribution >= 4 is 17.8 Å². The van der Waals surface area contributed by atoms with Crippen molar-refractivity contribution in [2.45, 2.75) is 20.0 Å². The molecule has 0 aliphatic heterocycles. The molecule has 0 bridgehead atoms. The quantitative estimate of drug-likeness (QED) is 0.538. The second-order valence-electron chi connectivity index (χ2n) is 6.82. The lowest BCUT2D eigenvalue weighted by atomic mass is 9.99. The van der Waals surface area contributed by atoms with E-state index in [2.05, 4.69) is 25.7 Å². The van der Waals surface area contributed by atoms with Gasteiger partial charge in [0, 0.05) is 48.9 Å². The number of urea groups is 1. The zero-order chi connectivity index (χ0) is 24.2. The highest BCUT2D eigenvalue weighted by Gasteiger charge is 2.35. The number of nitrogens with one attached hydrogen (secondary N) is 2. The second-order valence-corrected chi connectivity index (χ2v) is 6.82. The number of halogens is 3. The van der Waals surface area contributed by atoms with Crippen molar-refractivity contribution in [3.8, 4) is 22.4 Å². The third kappa shape index (κ3) is 5.45. The summed E-state index contributed by atoms with van der Waals surface area (Å²) in [6, 6.07) is 3.32. The van der Waals surface area contributed by atoms with Crippen molar-refractivity contribution in [2.75, 3.05) is 18.5 Å². The number of aryl methyl sites for hydroxylation is 1. The number of carbonyl (C=O) groups is 2. The first kappa shape index (κ1) is 23.7. The van der Waals surface area contributed by atoms with Crippen LogP contribution in [-0.2, 0) is 18.0 Å². The number of nitrogens with zero attached hydrogens (tertiary/aromatic N) is 4. The predicted octanol–water partition coefficient (Wildman–Crippen LogP) is 3.88. The van der Waals surface area contributed by atoms with Crippen molar-refractivity contribution in [3.63, 3.8) is 0 Å². The van der Waals surface area contributed by atoms with E-state index in [0.717, 1.165) is 10.7 Å². The Hall–Kier alpha value is -3.96. The Morgan fingerprint density at radius 3 is 2.48 bits per heavy atom. The SMILES string of the molecule is CCNC(=O)Nc1cc(-c2cc(C(F)(F)F)nn2C)c(-c2cncc(C(=O)OCC)c2)cn1. The summed E-state index contributed by atoms with van der Waals surface area (Å²) in [7, 11) is 1.37. The average Bonchev–Trinajstić information content (AvgIpc) is 3.16. The van der Waals surface area contributed by atoms with Gasteiger partial charge in [-0.15, -0.1) is 0 Å². The van der Waals surface area contributed by atoms with Crippen LogP contribution in [0.5, 0.6) is 0 Å². The number of ether oxygens (including phenoxy) is 1. The largest absolute Gasteiger partial charge is 0.462 e. The molecular formula is C21H21F3N6O3. The number of carbonyl (C=O) groups excluding carboxylic acids is 2. The molecule has 0 spiro atoms. The summed E-state index contributed by atoms with van der Waals surface area (Å²) < 4.78 is 45.8. The van der Waals surface area contributed by atoms with E-state index in [-0.39, 0.29) is 23.7 Å². The van der Waals surface area contributed by atoms with Gasteiger partial charge in [-0.05, 0) is 32.0 Å². The number of aromatic nitrogens is 4. The van der Waals surface area contributed by atoms with Crippen LogP contribution in [0.2, 0.25) is 0 Å². The number of hydrogen-bond donors (Lipinski definition) is 2. The summed E-state index contributed by atoms with van der Waals surface area (Å²) in [5.74, 6) is -0.472. The van der Waals surface area contributed by atoms with Gasteiger partial charge in [-0.2, -0.15) is 18.3 Å². The van der Waals surface area contributed by atoms with E-state index in [1.807, 2.05) is 0 Å². The number of esters is 1. The molecule has 0 aliphatic rings. The molecule has 3 rings (SSSR count). The van der Waals surface area contributed by atoms with E-state index in [1.165, 1.54) is 37.8 Å². The van der Waals surface area contributed by atoms with Crippen LogP contribution in [0.3, 0.4) is 0 Å². The topological polar surface area (TPSA) is 111 Å². The molecule has 33 heavy (non-hydrogen) atoms. The van der Waals surface area contributed by atoms with E-state index >= 15 is 0 Å². The maximum atomic E-state index is 13.3. The highest BCUT2D eigenvalue weighted by molar-refractivity contribution is 5.93. The minimum atomic E-state index is -4.64. The summed E-state index contributed by atoms with van der Waals surface area (Å²) in [4.78, 5) is 32.3. The third-order valence-electron chi connectivity index (χ3n) is 4.49. The summed E-state index contributed by atoms with van der Waals surface area (Å²) in [6.07, 6.45) is -0.494. The Balaban J connectivity index is 2.15. The standard InChI is InChI=1S/C21H21F3N6O3/c1-4-26-20(32)28-18-7-14(16-8-17(21(22,23)24)29-30(16)3)15(11-27-18)12-6-13(10-25-9-12)19(31)33-5-2/h6-11H,4-5H2,1-3H3,(H2,26,27,28,32). The van der Waals surface area contributed by atoms with E-state index < -0.39 is 23.9 Å². The third-order valence-corrected chi connectivity index (χ3v) is 4.49. The lowest BCUT2D eigenvalue weighted by Gasteiger charge is -2.13. The highest BCUT2D eigenvalue weighted by atomic mass is 19.4. The number of amides is 2. The molecule has 0 saturated carbocycles. The summed E-state index contributed by atoms with van der Waals surface area (Å²) >= 11 is 0. The van der Waals surface area contributed by atoms with Gasteiger partial charge in [0.15, 0.2) is 5.69 Å². The van der Waals surface area contributed by atoms with Crippen molar-refractivity contribution < 1.29 is 27.5 Å². The monoisotopic (exact) mass is 462 g/mol. The van der Waals surface area contributed by atoms with Gasteiger partial charge in [0.2, 0.25) is 0 Å². The number of anilines is 1. The van der Waals surface area contributed by atoms with Gasteiger partial charge >= 0.3 is 18.2 Å². The molecule has 0 aliphatic carbocycles. The van der Waals surface area contributed by atoms with Gasteiger partial charge in [0.1, 0.15) is 5.82 Å². The van der Waals surface area contributed by atoms with E-state index in [4.69, 9.17) is 4.74 Å². The summed E-state index contributed by atoms with van der Waals surface area (Å²) in [6.45, 7) is 3.95. The Bertz CT molecular complexity index is 1180. The number of hydrogen-bond acceptors (Lipinski definition) is 6. The minimum absolute atomic E-state index is 0.115. The molecule has 0 aromatic carbocycles. The van der Waals surface area contributed by atoms with Gasteiger partial charge in [0.05, 0.1) is 17.9 Å². The van der Waals surface area contributed by atoms with Gasteiger partial charge < -0.3 is 10.1 Å². The molecule has 3 heterocycles. The Labute approximate surface area is 187 Å². The van der Waals surface area contributed by atoms with Crippen molar-refractivity contribution in [1.82, 2.24) is 25.1 Å². The fourth-order valence-electron chi connectivity index (χ4n) is 3.06. The molecule has 2 amide bonds. The average molecular weight is 462 g/mol. The maximum absolute atomic E-state index is 13.3. The van der Waals surface area contributed by atoms with Crippen molar-refractivity contribution in [1.29, 1.82) is 0 Å². The Morgan fingerprint density at radius 2 is 1.85 bits per heavy atom. The lowest BCUT2D eigenvalue weighted by Crippen LogP contribution is -2.28. The summed E-state index contributed by atoms with van der Waals surface area (Å²) in [5.41, 5.74) is 0.324. The van der Waals surface area contributed by atoms with Crippen LogP contribution in [0.25, 0.3) is 22.4 Å². The molecule has 2 N–H and O–H groups in total. The zero-order valence-corrected chi connectivity index (χ0v) is 18.0. The van der Waals surface area contributed by atoms with Crippen molar-refractivity contribution in [3.05, 3.63) is 48.0 Å². The molecule has 174 valence electrons. The van der Waals surface area contributed by atoms with Crippen LogP contribution >= 0.6 is 0 Å². The smallest absolute Gasteiger partial charge is 0.435 e. The molecule has 0 fully saturated rings. The molecule has 0 radical (unpaired) electrons. The van der Waals surface area contributed by atoms with Crippen LogP contribution in [0, 0.1) is 0 Å². The van der Waals surface area contributed by atoms with Crippen LogP contribution in [0.15, 0.2) is 36.8 Å². The molecule has 9 nitrogen and oxygen atoms in total. The van der Waals surface area contributed by atoms with Crippen LogP contribution in [0.4, 0.5) is 23.8 Å². The highest BCUT2D eigenvalue weighted by Crippen LogP contribution is 2.36. The van der Waals surface area contributed by atoms with Crippen LogP contribution in [0.1, 0.15) is 29.9 Å². The fraction of sp³-hybridized carbons (Fsp3) is 0.286. The zero-order valence-electron chi connectivity index (χ0n) is 18.0. The molecule has 3 aromatic heterocycles. The van der Waals surface area contributed by atoms with Crippen LogP contribution in [-0.4, -0.2) is 44.9 Å². The Kier molecular flexibility index (Phi) is 6.95. The molecule has 0 saturated heterocycles. The number of pyridine rings is 2. The fourth-order valence-corrected chi connectivity index (χ4v) is 3.06. The normalized spacial score (nSPS) is 11.2. The Morgan fingerprint density at radius 1 is 1.09 bits per heavy atom. The first-order valence-corrected chi connectivity index (χ1v) is 9.93. The van der Waals surface area contributed by atoms with Gasteiger partial charge in [-0.1, -0.05) is 0 Å². The van der Waals surface area contributed by atoms with Gasteiger partial charge in [0.25, 0.3) is 0 Å². The van der Waals surface area contributed by atoms with Gasteiger partial charge in [-0.3, -0.25) is 15.0 Å². The van der Waals surface area contributed by atoms with E-state index in [0.29, 0.717) is 23.2 Å². The van der Waals surface area contributed by atoms with E-state index in [1.54, 1.807) is 13.8 Å². The molecule has 0 atom stereocenters. The predicted molar refractivity (Wildman–Crippen MR) is 113 cm³/mol. The van der Waals surface area contributed by atoms with Crippen molar-refractivity contribution in [2.24, 2.45) is 7.05 Å². The molecule has 3 aromatic rings. The maximum Gasteiger partial charge on any atom is 0.435 e. The number of rotatable bonds is 6. The minimum Gasteiger partial charge on any atom is -0.462 e.